The minimum atomic E-state index is -1.02. The highest BCUT2D eigenvalue weighted by Gasteiger charge is 2.11. The van der Waals surface area contributed by atoms with Crippen molar-refractivity contribution < 1.29 is 19.4 Å². The van der Waals surface area contributed by atoms with Gasteiger partial charge >= 0.3 is 5.97 Å². The van der Waals surface area contributed by atoms with Crippen LogP contribution >= 0.6 is 11.6 Å². The molecule has 0 aliphatic carbocycles. The fourth-order valence-electron chi connectivity index (χ4n) is 2.64. The van der Waals surface area contributed by atoms with Gasteiger partial charge in [0.05, 0.1) is 10.6 Å². The largest absolute Gasteiger partial charge is 0.487 e. The van der Waals surface area contributed by atoms with Crippen molar-refractivity contribution >= 4 is 23.5 Å². The van der Waals surface area contributed by atoms with Crippen LogP contribution in [0.1, 0.15) is 31.8 Å². The fourth-order valence-corrected chi connectivity index (χ4v) is 2.83. The number of amides is 1. The number of carbonyl (C=O) groups excluding carboxylic acids is 1. The number of hydrogen-bond donors (Lipinski definition) is 2. The lowest BCUT2D eigenvalue weighted by atomic mass is 10.1. The van der Waals surface area contributed by atoms with Crippen LogP contribution in [-0.4, -0.2) is 17.0 Å². The summed E-state index contributed by atoms with van der Waals surface area (Å²) in [6.45, 7) is 0.469. The van der Waals surface area contributed by atoms with E-state index in [0.717, 1.165) is 5.56 Å². The Kier molecular flexibility index (Phi) is 6.29. The van der Waals surface area contributed by atoms with Crippen molar-refractivity contribution in [1.29, 1.82) is 0 Å². The number of carboxylic acid groups (broad SMARTS) is 1. The van der Waals surface area contributed by atoms with E-state index in [4.69, 9.17) is 16.3 Å². The number of nitrogens with one attached hydrogen (secondary N) is 1. The van der Waals surface area contributed by atoms with Crippen molar-refractivity contribution in [3.63, 3.8) is 0 Å². The second-order valence-corrected chi connectivity index (χ2v) is 6.47. The van der Waals surface area contributed by atoms with E-state index in [0.29, 0.717) is 28.5 Å². The number of carboxylic acids is 1. The zero-order chi connectivity index (χ0) is 19.9. The van der Waals surface area contributed by atoms with Gasteiger partial charge in [0.15, 0.2) is 0 Å². The molecule has 0 unspecified atom stereocenters. The van der Waals surface area contributed by atoms with Crippen molar-refractivity contribution in [1.82, 2.24) is 5.32 Å². The summed E-state index contributed by atoms with van der Waals surface area (Å²) in [7, 11) is 0. The van der Waals surface area contributed by atoms with Crippen LogP contribution in [0, 0.1) is 0 Å². The Labute approximate surface area is 167 Å². The SMILES string of the molecule is O=C(NCc1ccccc1C(=O)O)c1ccc(COc2ccccc2Cl)cc1. The first-order valence-corrected chi connectivity index (χ1v) is 8.98. The summed E-state index contributed by atoms with van der Waals surface area (Å²) in [5.74, 6) is -0.699. The van der Waals surface area contributed by atoms with Crippen molar-refractivity contribution in [2.45, 2.75) is 13.2 Å². The average Bonchev–Trinajstić information content (AvgIpc) is 2.72. The van der Waals surface area contributed by atoms with Gasteiger partial charge in [-0.1, -0.05) is 54.1 Å². The molecule has 0 bridgehead atoms. The van der Waals surface area contributed by atoms with Gasteiger partial charge in [-0.3, -0.25) is 4.79 Å². The van der Waals surface area contributed by atoms with Gasteiger partial charge in [-0.2, -0.15) is 0 Å². The minimum absolute atomic E-state index is 0.138. The number of halogens is 1. The molecule has 0 aromatic heterocycles. The number of aromatic carboxylic acids is 1. The summed E-state index contributed by atoms with van der Waals surface area (Å²) in [5.41, 5.74) is 2.10. The van der Waals surface area contributed by atoms with Gasteiger partial charge in [0.25, 0.3) is 5.91 Å². The van der Waals surface area contributed by atoms with Crippen LogP contribution in [0.2, 0.25) is 5.02 Å². The first-order chi connectivity index (χ1) is 13.5. The molecule has 2 N–H and O–H groups in total. The van der Waals surface area contributed by atoms with Crippen LogP contribution < -0.4 is 10.1 Å². The summed E-state index contributed by atoms with van der Waals surface area (Å²) >= 11 is 6.06. The maximum Gasteiger partial charge on any atom is 0.336 e. The van der Waals surface area contributed by atoms with Crippen LogP contribution in [0.4, 0.5) is 0 Å². The summed E-state index contributed by atoms with van der Waals surface area (Å²) in [5, 5.41) is 12.5. The molecule has 142 valence electrons. The van der Waals surface area contributed by atoms with Gasteiger partial charge in [-0.05, 0) is 41.5 Å². The Balaban J connectivity index is 1.58. The Hall–Kier alpha value is -3.31. The molecule has 0 spiro atoms. The zero-order valence-electron chi connectivity index (χ0n) is 14.9. The van der Waals surface area contributed by atoms with Crippen LogP contribution in [0.25, 0.3) is 0 Å². The quantitative estimate of drug-likeness (QED) is 0.615. The lowest BCUT2D eigenvalue weighted by Gasteiger charge is -2.10. The van der Waals surface area contributed by atoms with E-state index in [-0.39, 0.29) is 18.0 Å². The lowest BCUT2D eigenvalue weighted by Crippen LogP contribution is -2.23. The van der Waals surface area contributed by atoms with Gasteiger partial charge in [-0.15, -0.1) is 0 Å². The van der Waals surface area contributed by atoms with E-state index >= 15 is 0 Å². The molecule has 0 saturated heterocycles. The minimum Gasteiger partial charge on any atom is -0.487 e. The normalized spacial score (nSPS) is 10.3. The predicted octanol–water partition coefficient (Wildman–Crippen LogP) is 4.55. The summed E-state index contributed by atoms with van der Waals surface area (Å²) in [6, 6.07) is 20.8. The Morgan fingerprint density at radius 3 is 2.32 bits per heavy atom. The van der Waals surface area contributed by atoms with E-state index < -0.39 is 5.97 Å². The molecular formula is C22H18ClNO4. The second-order valence-electron chi connectivity index (χ2n) is 6.06. The monoisotopic (exact) mass is 395 g/mol. The number of ether oxygens (including phenoxy) is 1. The van der Waals surface area contributed by atoms with Crippen molar-refractivity contribution in [3.8, 4) is 5.75 Å². The topological polar surface area (TPSA) is 75.6 Å². The smallest absolute Gasteiger partial charge is 0.336 e. The lowest BCUT2D eigenvalue weighted by molar-refractivity contribution is 0.0694. The van der Waals surface area contributed by atoms with E-state index in [1.165, 1.54) is 6.07 Å². The molecule has 0 radical (unpaired) electrons. The van der Waals surface area contributed by atoms with Gasteiger partial charge in [-0.25, -0.2) is 4.79 Å². The van der Waals surface area contributed by atoms with E-state index in [1.807, 2.05) is 12.1 Å². The van der Waals surface area contributed by atoms with E-state index in [2.05, 4.69) is 5.32 Å². The molecular weight excluding hydrogens is 378 g/mol. The number of rotatable bonds is 7. The Morgan fingerprint density at radius 2 is 1.61 bits per heavy atom. The van der Waals surface area contributed by atoms with Gasteiger partial charge in [0.2, 0.25) is 0 Å². The number of carbonyl (C=O) groups is 2. The molecule has 5 nitrogen and oxygen atoms in total. The van der Waals surface area contributed by atoms with Crippen LogP contribution in [0.3, 0.4) is 0 Å². The summed E-state index contributed by atoms with van der Waals surface area (Å²) in [6.07, 6.45) is 0. The molecule has 0 aliphatic rings. The van der Waals surface area contributed by atoms with Crippen LogP contribution in [0.15, 0.2) is 72.8 Å². The van der Waals surface area contributed by atoms with Crippen LogP contribution in [-0.2, 0) is 13.2 Å². The van der Waals surface area contributed by atoms with Gasteiger partial charge in [0.1, 0.15) is 12.4 Å². The second kappa shape index (κ2) is 9.06. The molecule has 0 atom stereocenters. The number of para-hydroxylation sites is 1. The first-order valence-electron chi connectivity index (χ1n) is 8.60. The maximum atomic E-state index is 12.3. The van der Waals surface area contributed by atoms with E-state index in [9.17, 15) is 14.7 Å². The van der Waals surface area contributed by atoms with Crippen molar-refractivity contribution in [3.05, 3.63) is 100 Å². The third-order valence-corrected chi connectivity index (χ3v) is 4.45. The van der Waals surface area contributed by atoms with E-state index in [1.54, 1.807) is 54.6 Å². The summed E-state index contributed by atoms with van der Waals surface area (Å²) < 4.78 is 5.68. The maximum absolute atomic E-state index is 12.3. The molecule has 3 aromatic rings. The molecule has 0 saturated carbocycles. The first kappa shape index (κ1) is 19.5. The highest BCUT2D eigenvalue weighted by atomic mass is 35.5. The van der Waals surface area contributed by atoms with Crippen molar-refractivity contribution in [2.75, 3.05) is 0 Å². The van der Waals surface area contributed by atoms with Crippen LogP contribution in [0.5, 0.6) is 5.75 Å². The molecule has 0 fully saturated rings. The highest BCUT2D eigenvalue weighted by molar-refractivity contribution is 6.32. The third-order valence-electron chi connectivity index (χ3n) is 4.13. The molecule has 0 heterocycles. The zero-order valence-corrected chi connectivity index (χ0v) is 15.6. The highest BCUT2D eigenvalue weighted by Crippen LogP contribution is 2.24. The molecule has 3 aromatic carbocycles. The molecule has 1 amide bonds. The molecule has 28 heavy (non-hydrogen) atoms. The summed E-state index contributed by atoms with van der Waals surface area (Å²) in [4.78, 5) is 23.6. The fraction of sp³-hybridized carbons (Fsp3) is 0.0909. The molecule has 3 rings (SSSR count). The molecule has 0 aliphatic heterocycles. The van der Waals surface area contributed by atoms with Crippen molar-refractivity contribution in [2.24, 2.45) is 0 Å². The average molecular weight is 396 g/mol. The third kappa shape index (κ3) is 4.90. The number of benzene rings is 3. The Bertz CT molecular complexity index is 986. The Morgan fingerprint density at radius 1 is 0.929 bits per heavy atom. The molecule has 6 heteroatoms. The predicted molar refractivity (Wildman–Crippen MR) is 107 cm³/mol. The van der Waals surface area contributed by atoms with Gasteiger partial charge < -0.3 is 15.2 Å². The van der Waals surface area contributed by atoms with Gasteiger partial charge in [0, 0.05) is 12.1 Å². The standard InChI is InChI=1S/C22H18ClNO4/c23-19-7-3-4-8-20(19)28-14-15-9-11-16(12-10-15)21(25)24-13-17-5-1-2-6-18(17)22(26)27/h1-12H,13-14H2,(H,24,25)(H,26,27). The number of hydrogen-bond acceptors (Lipinski definition) is 3.